The van der Waals surface area contributed by atoms with Crippen LogP contribution in [0.4, 0.5) is 0 Å². The fourth-order valence-corrected chi connectivity index (χ4v) is 0.392. The fraction of sp³-hybridized carbons (Fsp3) is 0.375. The third-order valence-corrected chi connectivity index (χ3v) is 0.934. The lowest BCUT2D eigenvalue weighted by molar-refractivity contribution is -0.114. The molecule has 0 saturated heterocycles. The van der Waals surface area contributed by atoms with Crippen LogP contribution < -0.4 is 0 Å². The van der Waals surface area contributed by atoms with Crippen LogP contribution in [0.1, 0.15) is 20.3 Å². The molecule has 0 aliphatic rings. The molecule has 0 fully saturated rings. The summed E-state index contributed by atoms with van der Waals surface area (Å²) in [6.07, 6.45) is 7.66. The Kier molecular flexibility index (Phi) is 4.79. The largest absolute Gasteiger partial charge is 0.295 e. The zero-order valence-electron chi connectivity index (χ0n) is 5.92. The second kappa shape index (κ2) is 5.29. The zero-order valence-corrected chi connectivity index (χ0v) is 5.92. The predicted octanol–water partition coefficient (Wildman–Crippen LogP) is 2.10. The smallest absolute Gasteiger partial charge is 0.155 e. The van der Waals surface area contributed by atoms with Gasteiger partial charge in [0.15, 0.2) is 5.78 Å². The summed E-state index contributed by atoms with van der Waals surface area (Å²) in [6.45, 7) is 3.77. The van der Waals surface area contributed by atoms with Crippen molar-refractivity contribution in [3.8, 4) is 0 Å². The van der Waals surface area contributed by atoms with E-state index in [9.17, 15) is 4.79 Å². The summed E-state index contributed by atoms with van der Waals surface area (Å²) in [6, 6.07) is 0. The van der Waals surface area contributed by atoms with Crippen LogP contribution >= 0.6 is 0 Å². The molecule has 1 nitrogen and oxygen atoms in total. The van der Waals surface area contributed by atoms with Crippen LogP contribution in [0.3, 0.4) is 0 Å². The minimum Gasteiger partial charge on any atom is -0.295 e. The van der Waals surface area contributed by atoms with E-state index in [1.807, 2.05) is 26.0 Å². The minimum absolute atomic E-state index is 0.174. The second-order valence-corrected chi connectivity index (χ2v) is 1.70. The van der Waals surface area contributed by atoms with Crippen LogP contribution in [0.2, 0.25) is 0 Å². The van der Waals surface area contributed by atoms with Gasteiger partial charge in [-0.15, -0.1) is 0 Å². The van der Waals surface area contributed by atoms with Crippen LogP contribution in [0, 0.1) is 0 Å². The minimum atomic E-state index is 0.174. The van der Waals surface area contributed by atoms with Crippen LogP contribution in [0.5, 0.6) is 0 Å². The number of hydrogen-bond acceptors (Lipinski definition) is 1. The fourth-order valence-electron chi connectivity index (χ4n) is 0.392. The molecular weight excluding hydrogens is 112 g/mol. The molecule has 0 aliphatic heterocycles. The van der Waals surface area contributed by atoms with Gasteiger partial charge in [-0.25, -0.2) is 0 Å². The quantitative estimate of drug-likeness (QED) is 0.416. The molecule has 0 aromatic carbocycles. The molecule has 0 radical (unpaired) electrons. The molecule has 0 aliphatic carbocycles. The third kappa shape index (κ3) is 5.01. The molecule has 0 saturated carbocycles. The van der Waals surface area contributed by atoms with Crippen molar-refractivity contribution >= 4 is 5.78 Å². The van der Waals surface area contributed by atoms with Crippen molar-refractivity contribution in [2.75, 3.05) is 0 Å². The van der Waals surface area contributed by atoms with Crippen molar-refractivity contribution in [1.29, 1.82) is 0 Å². The van der Waals surface area contributed by atoms with Gasteiger partial charge in [0, 0.05) is 6.42 Å². The van der Waals surface area contributed by atoms with Crippen molar-refractivity contribution < 1.29 is 4.79 Å². The highest BCUT2D eigenvalue weighted by atomic mass is 16.1. The molecule has 0 spiro atoms. The van der Waals surface area contributed by atoms with Gasteiger partial charge in [-0.3, -0.25) is 4.79 Å². The van der Waals surface area contributed by atoms with Gasteiger partial charge in [0.25, 0.3) is 0 Å². The number of rotatable bonds is 3. The van der Waals surface area contributed by atoms with E-state index >= 15 is 0 Å². The first-order valence-corrected chi connectivity index (χ1v) is 3.13. The van der Waals surface area contributed by atoms with E-state index in [-0.39, 0.29) is 5.78 Å². The first-order chi connectivity index (χ1) is 4.31. The summed E-state index contributed by atoms with van der Waals surface area (Å²) in [5, 5.41) is 0. The number of hydrogen-bond donors (Lipinski definition) is 0. The lowest BCUT2D eigenvalue weighted by Gasteiger charge is -1.79. The summed E-state index contributed by atoms with van der Waals surface area (Å²) in [7, 11) is 0. The molecular formula is C8H12O. The van der Waals surface area contributed by atoms with Gasteiger partial charge in [-0.05, 0) is 13.0 Å². The van der Waals surface area contributed by atoms with Gasteiger partial charge < -0.3 is 0 Å². The third-order valence-electron chi connectivity index (χ3n) is 0.934. The van der Waals surface area contributed by atoms with Gasteiger partial charge in [0.2, 0.25) is 0 Å². The zero-order chi connectivity index (χ0) is 7.11. The topological polar surface area (TPSA) is 17.1 Å². The standard InChI is InChI=1S/C8H12O/c1-3-5-6-7-8(9)4-2/h3,5-7H,4H2,1-2H3/b5-3?,7-6-. The molecule has 1 heteroatoms. The molecule has 0 unspecified atom stereocenters. The van der Waals surface area contributed by atoms with E-state index in [0.29, 0.717) is 6.42 Å². The number of allylic oxidation sites excluding steroid dienone is 4. The summed E-state index contributed by atoms with van der Waals surface area (Å²) < 4.78 is 0. The van der Waals surface area contributed by atoms with Crippen LogP contribution in [0.25, 0.3) is 0 Å². The van der Waals surface area contributed by atoms with E-state index in [2.05, 4.69) is 0 Å². The SMILES string of the molecule is CC=C/C=C\C(=O)CC. The second-order valence-electron chi connectivity index (χ2n) is 1.70. The van der Waals surface area contributed by atoms with Crippen molar-refractivity contribution in [2.24, 2.45) is 0 Å². The van der Waals surface area contributed by atoms with Crippen LogP contribution in [0.15, 0.2) is 24.3 Å². The Morgan fingerprint density at radius 2 is 2.11 bits per heavy atom. The predicted molar refractivity (Wildman–Crippen MR) is 39.3 cm³/mol. The van der Waals surface area contributed by atoms with Gasteiger partial charge in [0.1, 0.15) is 0 Å². The van der Waals surface area contributed by atoms with Crippen molar-refractivity contribution in [3.63, 3.8) is 0 Å². The van der Waals surface area contributed by atoms with Gasteiger partial charge in [0.05, 0.1) is 0 Å². The highest BCUT2D eigenvalue weighted by Crippen LogP contribution is 1.83. The Morgan fingerprint density at radius 1 is 1.44 bits per heavy atom. The first-order valence-electron chi connectivity index (χ1n) is 3.13. The monoisotopic (exact) mass is 124 g/mol. The maximum absolute atomic E-state index is 10.6. The number of ketones is 1. The Hall–Kier alpha value is -0.850. The summed E-state index contributed by atoms with van der Waals surface area (Å²) in [5.41, 5.74) is 0. The molecule has 0 heterocycles. The van der Waals surface area contributed by atoms with Crippen LogP contribution in [-0.4, -0.2) is 5.78 Å². The first kappa shape index (κ1) is 8.15. The molecule has 0 aromatic heterocycles. The molecule has 0 atom stereocenters. The average Bonchev–Trinajstić information content (AvgIpc) is 1.89. The van der Waals surface area contributed by atoms with Crippen molar-refractivity contribution in [3.05, 3.63) is 24.3 Å². The Morgan fingerprint density at radius 3 is 2.56 bits per heavy atom. The van der Waals surface area contributed by atoms with E-state index < -0.39 is 0 Å². The molecule has 9 heavy (non-hydrogen) atoms. The van der Waals surface area contributed by atoms with E-state index in [0.717, 1.165) is 0 Å². The van der Waals surface area contributed by atoms with Gasteiger partial charge in [-0.1, -0.05) is 25.2 Å². The van der Waals surface area contributed by atoms with Crippen LogP contribution in [-0.2, 0) is 4.79 Å². The molecule has 0 rings (SSSR count). The van der Waals surface area contributed by atoms with Gasteiger partial charge >= 0.3 is 0 Å². The average molecular weight is 124 g/mol. The van der Waals surface area contributed by atoms with E-state index in [1.54, 1.807) is 12.2 Å². The summed E-state index contributed by atoms with van der Waals surface area (Å²) >= 11 is 0. The summed E-state index contributed by atoms with van der Waals surface area (Å²) in [5.74, 6) is 0.174. The van der Waals surface area contributed by atoms with E-state index in [1.165, 1.54) is 0 Å². The Bertz CT molecular complexity index is 132. The molecule has 0 N–H and O–H groups in total. The normalized spacial score (nSPS) is 11.3. The Balaban J connectivity index is 3.57. The highest BCUT2D eigenvalue weighted by molar-refractivity contribution is 5.89. The van der Waals surface area contributed by atoms with Crippen molar-refractivity contribution in [1.82, 2.24) is 0 Å². The van der Waals surface area contributed by atoms with E-state index in [4.69, 9.17) is 0 Å². The summed E-state index contributed by atoms with van der Waals surface area (Å²) in [4.78, 5) is 10.6. The Labute approximate surface area is 56.1 Å². The molecule has 0 bridgehead atoms. The number of carbonyl (C=O) groups excluding carboxylic acids is 1. The van der Waals surface area contributed by atoms with Gasteiger partial charge in [-0.2, -0.15) is 0 Å². The van der Waals surface area contributed by atoms with Crippen molar-refractivity contribution in [2.45, 2.75) is 20.3 Å². The maximum atomic E-state index is 10.6. The lowest BCUT2D eigenvalue weighted by atomic mass is 10.3. The molecule has 0 aromatic rings. The lowest BCUT2D eigenvalue weighted by Crippen LogP contribution is -1.85. The molecule has 0 amide bonds. The molecule has 50 valence electrons. The highest BCUT2D eigenvalue weighted by Gasteiger charge is 1.84. The maximum Gasteiger partial charge on any atom is 0.155 e. The number of carbonyl (C=O) groups is 1.